The lowest BCUT2D eigenvalue weighted by Gasteiger charge is -2.45. The van der Waals surface area contributed by atoms with Crippen LogP contribution in [0.5, 0.6) is 11.5 Å². The molecule has 0 N–H and O–H groups in total. The summed E-state index contributed by atoms with van der Waals surface area (Å²) >= 11 is 1.34. The summed E-state index contributed by atoms with van der Waals surface area (Å²) in [6.45, 7) is 18.8. The van der Waals surface area contributed by atoms with Gasteiger partial charge >= 0.3 is 28.6 Å². The van der Waals surface area contributed by atoms with Crippen LogP contribution in [0.25, 0.3) is 0 Å². The normalized spacial score (nSPS) is 16.9. The van der Waals surface area contributed by atoms with E-state index in [0.717, 1.165) is 20.7 Å². The molecule has 8 nitrogen and oxygen atoms in total. The van der Waals surface area contributed by atoms with Crippen LogP contribution < -0.4 is 29.6 Å². The Kier molecular flexibility index (Phi) is 12.9. The molecule has 320 valence electrons. The fourth-order valence-electron chi connectivity index (χ4n) is 8.81. The lowest BCUT2D eigenvalue weighted by molar-refractivity contribution is -0.166. The standard InChI is InChI=1S/C51H55NO7SSi2/c1-9-32-56-49(55)42-35-60-48-46(47(54)52(42)48)36(2)57-45(53)34-37-30-31-43(58-61(50(3,4)5,38-22-14-10-15-23-38)39-24-16-11-17-25-39)44(33-37)59-62(51(6,7)8,40-26-18-12-19-27-40)41-28-20-13-21-29-41/h9-31,33,35-36,46,48H,1,32,34H2,2-8H3/t36-,46+,48+/m1/s1. The summed E-state index contributed by atoms with van der Waals surface area (Å²) in [6.07, 6.45) is 0.675. The van der Waals surface area contributed by atoms with E-state index in [2.05, 4.69) is 145 Å². The van der Waals surface area contributed by atoms with E-state index < -0.39 is 40.6 Å². The topological polar surface area (TPSA) is 91.4 Å². The molecule has 1 amide bonds. The van der Waals surface area contributed by atoms with Gasteiger partial charge in [0.25, 0.3) is 0 Å². The third-order valence-corrected chi connectivity index (χ3v) is 22.7. The minimum Gasteiger partial charge on any atom is -0.532 e. The van der Waals surface area contributed by atoms with Crippen molar-refractivity contribution in [2.75, 3.05) is 6.61 Å². The van der Waals surface area contributed by atoms with Gasteiger partial charge in [-0.25, -0.2) is 4.79 Å². The highest BCUT2D eigenvalue weighted by Crippen LogP contribution is 2.47. The van der Waals surface area contributed by atoms with E-state index in [1.54, 1.807) is 12.3 Å². The summed E-state index contributed by atoms with van der Waals surface area (Å²) in [5, 5.41) is 5.01. The van der Waals surface area contributed by atoms with E-state index in [1.165, 1.54) is 22.7 Å². The number of hydrogen-bond donors (Lipinski definition) is 0. The van der Waals surface area contributed by atoms with E-state index in [4.69, 9.17) is 18.3 Å². The van der Waals surface area contributed by atoms with Gasteiger partial charge in [0.2, 0.25) is 5.91 Å². The Balaban J connectivity index is 1.29. The molecule has 1 saturated heterocycles. The average molecular weight is 882 g/mol. The lowest BCUT2D eigenvalue weighted by Crippen LogP contribution is -2.69. The van der Waals surface area contributed by atoms with Crippen LogP contribution in [0.15, 0.2) is 163 Å². The molecule has 2 heterocycles. The highest BCUT2D eigenvalue weighted by Gasteiger charge is 2.57. The van der Waals surface area contributed by atoms with E-state index in [-0.39, 0.29) is 40.1 Å². The summed E-state index contributed by atoms with van der Waals surface area (Å²) in [5.74, 6) is -0.836. The van der Waals surface area contributed by atoms with Crippen molar-refractivity contribution in [3.05, 3.63) is 169 Å². The SMILES string of the molecule is C=CCOC(=O)C1=CS[C@H]2[C@@H]([C@@H](C)OC(=O)Cc3ccc(O[Si](c4ccccc4)(c4ccccc4)C(C)(C)C)c(O[Si](c4ccccc4)(c4ccccc4)C(C)(C)C)c3)C(=O)N12. The molecule has 0 spiro atoms. The Labute approximate surface area is 372 Å². The van der Waals surface area contributed by atoms with Gasteiger partial charge in [-0.3, -0.25) is 14.5 Å². The number of fused-ring (bicyclic) bond motifs is 1. The molecular weight excluding hydrogens is 827 g/mol. The summed E-state index contributed by atoms with van der Waals surface area (Å²) in [4.78, 5) is 41.2. The van der Waals surface area contributed by atoms with Crippen LogP contribution in [-0.4, -0.2) is 57.5 Å². The van der Waals surface area contributed by atoms with Crippen LogP contribution in [-0.2, 0) is 30.3 Å². The maximum Gasteiger partial charge on any atom is 0.355 e. The third-order valence-electron chi connectivity index (χ3n) is 11.7. The second-order valence-electron chi connectivity index (χ2n) is 17.8. The van der Waals surface area contributed by atoms with E-state index >= 15 is 0 Å². The second-order valence-corrected chi connectivity index (χ2v) is 27.3. The molecule has 5 aromatic carbocycles. The van der Waals surface area contributed by atoms with Crippen molar-refractivity contribution in [1.82, 2.24) is 4.90 Å². The van der Waals surface area contributed by atoms with Crippen LogP contribution in [0.2, 0.25) is 10.1 Å². The Morgan fingerprint density at radius 1 is 0.710 bits per heavy atom. The molecule has 5 aromatic rings. The molecule has 2 aliphatic rings. The van der Waals surface area contributed by atoms with Crippen molar-refractivity contribution in [2.45, 2.75) is 76.4 Å². The zero-order chi connectivity index (χ0) is 44.3. The number of carbonyl (C=O) groups excluding carboxylic acids is 3. The number of amides is 1. The fraction of sp³-hybridized carbons (Fsp3) is 0.275. The Bertz CT molecular complexity index is 2350. The fourth-order valence-corrected chi connectivity index (χ4v) is 19.0. The largest absolute Gasteiger partial charge is 0.532 e. The molecule has 0 saturated carbocycles. The first-order valence-electron chi connectivity index (χ1n) is 21.0. The number of esters is 2. The molecule has 0 bridgehead atoms. The number of thioether (sulfide) groups is 1. The van der Waals surface area contributed by atoms with Crippen molar-refractivity contribution < 1.29 is 32.7 Å². The van der Waals surface area contributed by atoms with Crippen LogP contribution in [0.1, 0.15) is 54.0 Å². The Hall–Kier alpha value is -5.63. The van der Waals surface area contributed by atoms with Crippen molar-refractivity contribution in [1.29, 1.82) is 0 Å². The molecule has 0 aliphatic carbocycles. The molecule has 62 heavy (non-hydrogen) atoms. The van der Waals surface area contributed by atoms with Crippen LogP contribution >= 0.6 is 11.8 Å². The van der Waals surface area contributed by atoms with Gasteiger partial charge in [0.1, 0.15) is 41.2 Å². The monoisotopic (exact) mass is 881 g/mol. The van der Waals surface area contributed by atoms with Gasteiger partial charge in [-0.15, -0.1) is 11.8 Å². The van der Waals surface area contributed by atoms with Crippen molar-refractivity contribution in [3.8, 4) is 11.5 Å². The van der Waals surface area contributed by atoms with Gasteiger partial charge < -0.3 is 18.3 Å². The minimum absolute atomic E-state index is 0.0438. The zero-order valence-corrected chi connectivity index (χ0v) is 39.3. The van der Waals surface area contributed by atoms with Crippen molar-refractivity contribution in [3.63, 3.8) is 0 Å². The Morgan fingerprint density at radius 2 is 1.16 bits per heavy atom. The maximum atomic E-state index is 13.9. The van der Waals surface area contributed by atoms with Gasteiger partial charge in [0.05, 0.1) is 6.42 Å². The number of ether oxygens (including phenoxy) is 2. The second kappa shape index (κ2) is 18.0. The quantitative estimate of drug-likeness (QED) is 0.0451. The molecule has 3 atom stereocenters. The minimum atomic E-state index is -3.21. The van der Waals surface area contributed by atoms with E-state index in [9.17, 15) is 14.4 Å². The number of rotatable bonds is 15. The first kappa shape index (κ1) is 44.4. The lowest BCUT2D eigenvalue weighted by atomic mass is 9.92. The third kappa shape index (κ3) is 8.33. The summed E-state index contributed by atoms with van der Waals surface area (Å²) in [6, 6.07) is 47.7. The van der Waals surface area contributed by atoms with Crippen molar-refractivity contribution >= 4 is 67.0 Å². The number of hydrogen-bond acceptors (Lipinski definition) is 8. The molecule has 7 rings (SSSR count). The number of carbonyl (C=O) groups is 3. The van der Waals surface area contributed by atoms with Gasteiger partial charge in [0.15, 0.2) is 0 Å². The number of benzene rings is 5. The predicted octanol–water partition coefficient (Wildman–Crippen LogP) is 8.14. The van der Waals surface area contributed by atoms with Crippen molar-refractivity contribution in [2.24, 2.45) is 5.92 Å². The van der Waals surface area contributed by atoms with E-state index in [1.807, 2.05) is 42.5 Å². The van der Waals surface area contributed by atoms with Gasteiger partial charge in [-0.1, -0.05) is 182 Å². The van der Waals surface area contributed by atoms with Crippen LogP contribution in [0.4, 0.5) is 0 Å². The highest BCUT2D eigenvalue weighted by atomic mass is 32.2. The highest BCUT2D eigenvalue weighted by molar-refractivity contribution is 8.03. The molecule has 2 aliphatic heterocycles. The van der Waals surface area contributed by atoms with E-state index in [0.29, 0.717) is 17.1 Å². The molecule has 0 aromatic heterocycles. The maximum absolute atomic E-state index is 13.9. The van der Waals surface area contributed by atoms with Crippen LogP contribution in [0.3, 0.4) is 0 Å². The van der Waals surface area contributed by atoms with Gasteiger partial charge in [-0.2, -0.15) is 0 Å². The number of nitrogens with zero attached hydrogens (tertiary/aromatic N) is 1. The summed E-state index contributed by atoms with van der Waals surface area (Å²) < 4.78 is 26.6. The van der Waals surface area contributed by atoms with Gasteiger partial charge in [-0.05, 0) is 55.4 Å². The molecule has 0 radical (unpaired) electrons. The average Bonchev–Trinajstić information content (AvgIpc) is 3.64. The molecular formula is C51H55NO7SSi2. The zero-order valence-electron chi connectivity index (χ0n) is 36.5. The Morgan fingerprint density at radius 3 is 1.60 bits per heavy atom. The smallest absolute Gasteiger partial charge is 0.355 e. The molecule has 11 heteroatoms. The van der Waals surface area contributed by atoms with Crippen LogP contribution in [0, 0.1) is 5.92 Å². The first-order valence-corrected chi connectivity index (χ1v) is 25.8. The summed E-state index contributed by atoms with van der Waals surface area (Å²) in [5.41, 5.74) is 0.867. The molecule has 1 fully saturated rings. The molecule has 0 unspecified atom stereocenters. The van der Waals surface area contributed by atoms with Gasteiger partial charge in [0, 0.05) is 5.41 Å². The summed E-state index contributed by atoms with van der Waals surface area (Å²) in [7, 11) is -6.36. The first-order chi connectivity index (χ1) is 29.6. The number of β-lactam (4-membered cyclic amide) rings is 1. The predicted molar refractivity (Wildman–Crippen MR) is 253 cm³/mol.